The highest BCUT2D eigenvalue weighted by Crippen LogP contribution is 1.98. The molecule has 0 aliphatic carbocycles. The molecule has 0 aliphatic rings. The van der Waals surface area contributed by atoms with Crippen molar-refractivity contribution in [3.63, 3.8) is 0 Å². The second-order valence-corrected chi connectivity index (χ2v) is 3.84. The van der Waals surface area contributed by atoms with Crippen molar-refractivity contribution < 1.29 is 0 Å². The standard InChI is InChI=1S/C9H23N3/c1-8(2)9(7-10)11-5-6-12(3)4/h8-9,11H,5-7,10H2,1-4H3. The summed E-state index contributed by atoms with van der Waals surface area (Å²) in [4.78, 5) is 2.17. The minimum atomic E-state index is 0.463. The Balaban J connectivity index is 3.45. The summed E-state index contributed by atoms with van der Waals surface area (Å²) in [6.45, 7) is 7.21. The van der Waals surface area contributed by atoms with Crippen LogP contribution in [0.3, 0.4) is 0 Å². The fraction of sp³-hybridized carbons (Fsp3) is 1.00. The Kier molecular flexibility index (Phi) is 6.34. The van der Waals surface area contributed by atoms with Crippen molar-refractivity contribution in [2.45, 2.75) is 19.9 Å². The van der Waals surface area contributed by atoms with Crippen molar-refractivity contribution >= 4 is 0 Å². The Morgan fingerprint density at radius 2 is 1.92 bits per heavy atom. The minimum Gasteiger partial charge on any atom is -0.329 e. The van der Waals surface area contributed by atoms with Crippen molar-refractivity contribution in [2.24, 2.45) is 11.7 Å². The Morgan fingerprint density at radius 1 is 1.33 bits per heavy atom. The van der Waals surface area contributed by atoms with E-state index in [1.165, 1.54) is 0 Å². The van der Waals surface area contributed by atoms with E-state index in [4.69, 9.17) is 5.73 Å². The Labute approximate surface area is 76.3 Å². The quantitative estimate of drug-likeness (QED) is 0.599. The predicted octanol–water partition coefficient (Wildman–Crippen LogP) is 0.121. The Morgan fingerprint density at radius 3 is 2.25 bits per heavy atom. The van der Waals surface area contributed by atoms with Crippen molar-refractivity contribution in [3.05, 3.63) is 0 Å². The van der Waals surface area contributed by atoms with Crippen LogP contribution in [0, 0.1) is 5.92 Å². The van der Waals surface area contributed by atoms with Crippen LogP contribution in [0.15, 0.2) is 0 Å². The van der Waals surface area contributed by atoms with E-state index in [0.29, 0.717) is 12.0 Å². The average molecular weight is 173 g/mol. The number of rotatable bonds is 6. The maximum absolute atomic E-state index is 5.61. The summed E-state index contributed by atoms with van der Waals surface area (Å²) in [5, 5.41) is 3.43. The molecule has 0 fully saturated rings. The average Bonchev–Trinajstić information content (AvgIpc) is 1.96. The Hall–Kier alpha value is -0.120. The van der Waals surface area contributed by atoms with Crippen molar-refractivity contribution in [1.29, 1.82) is 0 Å². The first-order chi connectivity index (χ1) is 5.57. The summed E-state index contributed by atoms with van der Waals surface area (Å²) >= 11 is 0. The number of hydrogen-bond donors (Lipinski definition) is 2. The van der Waals surface area contributed by atoms with Gasteiger partial charge in [0.1, 0.15) is 0 Å². The second-order valence-electron chi connectivity index (χ2n) is 3.84. The topological polar surface area (TPSA) is 41.3 Å². The summed E-state index contributed by atoms with van der Waals surface area (Å²) in [5.41, 5.74) is 5.61. The van der Waals surface area contributed by atoms with Gasteiger partial charge in [0.05, 0.1) is 0 Å². The molecule has 0 bridgehead atoms. The molecule has 12 heavy (non-hydrogen) atoms. The van der Waals surface area contributed by atoms with Gasteiger partial charge in [0.2, 0.25) is 0 Å². The van der Waals surface area contributed by atoms with Crippen LogP contribution in [-0.2, 0) is 0 Å². The SMILES string of the molecule is CC(C)C(CN)NCCN(C)C. The molecule has 74 valence electrons. The van der Waals surface area contributed by atoms with Crippen molar-refractivity contribution in [1.82, 2.24) is 10.2 Å². The van der Waals surface area contributed by atoms with E-state index in [-0.39, 0.29) is 0 Å². The van der Waals surface area contributed by atoms with E-state index in [1.807, 2.05) is 0 Å². The van der Waals surface area contributed by atoms with E-state index in [9.17, 15) is 0 Å². The number of likely N-dealkylation sites (N-methyl/N-ethyl adjacent to an activating group) is 1. The molecule has 0 radical (unpaired) electrons. The molecular formula is C9H23N3. The first-order valence-corrected chi connectivity index (χ1v) is 4.66. The Bertz CT molecular complexity index is 102. The summed E-state index contributed by atoms with van der Waals surface area (Å²) in [7, 11) is 4.16. The lowest BCUT2D eigenvalue weighted by atomic mass is 10.1. The van der Waals surface area contributed by atoms with Gasteiger partial charge in [-0.1, -0.05) is 13.8 Å². The molecule has 0 heterocycles. The van der Waals surface area contributed by atoms with Crippen LogP contribution in [0.1, 0.15) is 13.8 Å². The van der Waals surface area contributed by atoms with Crippen LogP contribution in [0.2, 0.25) is 0 Å². The minimum absolute atomic E-state index is 0.463. The fourth-order valence-electron chi connectivity index (χ4n) is 1.06. The highest BCUT2D eigenvalue weighted by atomic mass is 15.1. The summed E-state index contributed by atoms with van der Waals surface area (Å²) in [6.07, 6.45) is 0. The predicted molar refractivity (Wildman–Crippen MR) is 54.2 cm³/mol. The number of nitrogens with two attached hydrogens (primary N) is 1. The van der Waals surface area contributed by atoms with Gasteiger partial charge in [-0.2, -0.15) is 0 Å². The van der Waals surface area contributed by atoms with Crippen LogP contribution in [-0.4, -0.2) is 44.7 Å². The molecular weight excluding hydrogens is 150 g/mol. The van der Waals surface area contributed by atoms with Crippen molar-refractivity contribution in [2.75, 3.05) is 33.7 Å². The monoisotopic (exact) mass is 173 g/mol. The molecule has 0 aromatic heterocycles. The molecule has 3 N–H and O–H groups in total. The van der Waals surface area contributed by atoms with Gasteiger partial charge in [0.15, 0.2) is 0 Å². The maximum atomic E-state index is 5.61. The highest BCUT2D eigenvalue weighted by Gasteiger charge is 2.09. The molecule has 1 atom stereocenters. The zero-order valence-electron chi connectivity index (χ0n) is 8.80. The second kappa shape index (κ2) is 6.40. The molecule has 0 aliphatic heterocycles. The first-order valence-electron chi connectivity index (χ1n) is 4.66. The summed E-state index contributed by atoms with van der Waals surface area (Å²) in [6, 6.07) is 0.463. The first kappa shape index (κ1) is 11.9. The molecule has 0 rings (SSSR count). The zero-order chi connectivity index (χ0) is 9.56. The van der Waals surface area contributed by atoms with Crippen LogP contribution < -0.4 is 11.1 Å². The van der Waals surface area contributed by atoms with Gasteiger partial charge in [0, 0.05) is 25.7 Å². The van der Waals surface area contributed by atoms with Gasteiger partial charge in [-0.25, -0.2) is 0 Å². The molecule has 0 saturated carbocycles. The van der Waals surface area contributed by atoms with Gasteiger partial charge in [-0.05, 0) is 20.0 Å². The van der Waals surface area contributed by atoms with E-state index >= 15 is 0 Å². The van der Waals surface area contributed by atoms with Gasteiger partial charge in [-0.15, -0.1) is 0 Å². The van der Waals surface area contributed by atoms with Crippen LogP contribution in [0.25, 0.3) is 0 Å². The molecule has 0 aromatic carbocycles. The summed E-state index contributed by atoms with van der Waals surface area (Å²) < 4.78 is 0. The lowest BCUT2D eigenvalue weighted by Gasteiger charge is -2.21. The number of nitrogens with zero attached hydrogens (tertiary/aromatic N) is 1. The maximum Gasteiger partial charge on any atom is 0.0213 e. The van der Waals surface area contributed by atoms with Crippen LogP contribution >= 0.6 is 0 Å². The van der Waals surface area contributed by atoms with E-state index < -0.39 is 0 Å². The largest absolute Gasteiger partial charge is 0.329 e. The number of hydrogen-bond acceptors (Lipinski definition) is 3. The van der Waals surface area contributed by atoms with Gasteiger partial charge in [-0.3, -0.25) is 0 Å². The van der Waals surface area contributed by atoms with Crippen LogP contribution in [0.4, 0.5) is 0 Å². The van der Waals surface area contributed by atoms with Crippen LogP contribution in [0.5, 0.6) is 0 Å². The van der Waals surface area contributed by atoms with Gasteiger partial charge < -0.3 is 16.0 Å². The molecule has 1 unspecified atom stereocenters. The third-order valence-corrected chi connectivity index (χ3v) is 2.02. The van der Waals surface area contributed by atoms with E-state index in [1.54, 1.807) is 0 Å². The lowest BCUT2D eigenvalue weighted by molar-refractivity contribution is 0.353. The highest BCUT2D eigenvalue weighted by molar-refractivity contribution is 4.71. The lowest BCUT2D eigenvalue weighted by Crippen LogP contribution is -2.42. The van der Waals surface area contributed by atoms with Gasteiger partial charge in [0.25, 0.3) is 0 Å². The molecule has 0 saturated heterocycles. The van der Waals surface area contributed by atoms with Crippen molar-refractivity contribution in [3.8, 4) is 0 Å². The normalized spacial score (nSPS) is 14.2. The van der Waals surface area contributed by atoms with E-state index in [0.717, 1.165) is 19.6 Å². The smallest absolute Gasteiger partial charge is 0.0213 e. The third-order valence-electron chi connectivity index (χ3n) is 2.02. The summed E-state index contributed by atoms with van der Waals surface area (Å²) in [5.74, 6) is 0.622. The molecule has 0 amide bonds. The molecule has 3 nitrogen and oxygen atoms in total. The van der Waals surface area contributed by atoms with E-state index in [2.05, 4.69) is 38.2 Å². The molecule has 3 heteroatoms. The zero-order valence-corrected chi connectivity index (χ0v) is 8.80. The van der Waals surface area contributed by atoms with Gasteiger partial charge >= 0.3 is 0 Å². The molecule has 0 aromatic rings. The molecule has 0 spiro atoms. The third kappa shape index (κ3) is 5.52. The number of nitrogens with one attached hydrogen (secondary N) is 1. The fourth-order valence-corrected chi connectivity index (χ4v) is 1.06.